The van der Waals surface area contributed by atoms with Gasteiger partial charge in [-0.2, -0.15) is 0 Å². The van der Waals surface area contributed by atoms with Crippen molar-refractivity contribution in [2.75, 3.05) is 12.4 Å². The molecule has 0 radical (unpaired) electrons. The van der Waals surface area contributed by atoms with Crippen LogP contribution in [0.2, 0.25) is 0 Å². The normalized spacial score (nSPS) is 10.6. The Morgan fingerprint density at radius 3 is 2.68 bits per heavy atom. The van der Waals surface area contributed by atoms with Crippen LogP contribution in [0.1, 0.15) is 12.0 Å². The van der Waals surface area contributed by atoms with Gasteiger partial charge in [0.05, 0.1) is 31.5 Å². The van der Waals surface area contributed by atoms with Crippen molar-refractivity contribution in [3.63, 3.8) is 0 Å². The zero-order chi connectivity index (χ0) is 21.6. The smallest absolute Gasteiger partial charge is 0.225 e. The van der Waals surface area contributed by atoms with Crippen molar-refractivity contribution in [1.82, 2.24) is 9.97 Å². The van der Waals surface area contributed by atoms with Gasteiger partial charge in [-0.25, -0.2) is 9.37 Å². The van der Waals surface area contributed by atoms with Gasteiger partial charge >= 0.3 is 0 Å². The van der Waals surface area contributed by atoms with E-state index in [2.05, 4.69) is 15.3 Å². The Morgan fingerprint density at radius 1 is 1.10 bits per heavy atom. The highest BCUT2D eigenvalue weighted by atomic mass is 19.1. The number of aryl methyl sites for hydroxylation is 1. The summed E-state index contributed by atoms with van der Waals surface area (Å²) >= 11 is 0. The molecule has 0 saturated carbocycles. The van der Waals surface area contributed by atoms with Crippen LogP contribution in [-0.2, 0) is 11.2 Å². The maximum Gasteiger partial charge on any atom is 0.225 e. The monoisotopic (exact) mass is 417 g/mol. The maximum atomic E-state index is 13.3. The number of hydrogen-bond acceptors (Lipinski definition) is 5. The number of methoxy groups -OCH3 is 1. The molecule has 2 heterocycles. The van der Waals surface area contributed by atoms with Crippen molar-refractivity contribution in [2.24, 2.45) is 0 Å². The minimum atomic E-state index is -0.332. The summed E-state index contributed by atoms with van der Waals surface area (Å²) < 4.78 is 23.7. The Labute approximate surface area is 178 Å². The predicted octanol–water partition coefficient (Wildman–Crippen LogP) is 5.12. The molecule has 0 atom stereocenters. The molecule has 4 rings (SSSR count). The lowest BCUT2D eigenvalue weighted by Gasteiger charge is -2.10. The van der Waals surface area contributed by atoms with Crippen molar-refractivity contribution in [1.29, 1.82) is 0 Å². The standard InChI is InChI=1S/C24H20FN3O3/c1-30-20-4-2-3-16(13-20)5-10-22(29)27-21-14-26-23(17-6-8-19(25)9-7-17)24(28-21)18-11-12-31-15-18/h2-4,6-9,11-15H,5,10H2,1H3,(H,27,28,29). The fourth-order valence-corrected chi connectivity index (χ4v) is 3.16. The highest BCUT2D eigenvalue weighted by Crippen LogP contribution is 2.30. The van der Waals surface area contributed by atoms with Gasteiger partial charge in [-0.1, -0.05) is 12.1 Å². The Kier molecular flexibility index (Phi) is 6.03. The molecule has 156 valence electrons. The molecule has 0 bridgehead atoms. The molecule has 0 saturated heterocycles. The van der Waals surface area contributed by atoms with Crippen LogP contribution in [0.15, 0.2) is 77.7 Å². The average Bonchev–Trinajstić information content (AvgIpc) is 3.33. The van der Waals surface area contributed by atoms with Crippen molar-refractivity contribution in [2.45, 2.75) is 12.8 Å². The van der Waals surface area contributed by atoms with Crippen LogP contribution >= 0.6 is 0 Å². The largest absolute Gasteiger partial charge is 0.497 e. The zero-order valence-corrected chi connectivity index (χ0v) is 16.8. The fraction of sp³-hybridized carbons (Fsp3) is 0.125. The molecule has 4 aromatic rings. The van der Waals surface area contributed by atoms with Crippen molar-refractivity contribution < 1.29 is 18.3 Å². The highest BCUT2D eigenvalue weighted by molar-refractivity contribution is 5.90. The summed E-state index contributed by atoms with van der Waals surface area (Å²) in [5, 5.41) is 2.80. The number of anilines is 1. The Morgan fingerprint density at radius 2 is 1.94 bits per heavy atom. The molecule has 31 heavy (non-hydrogen) atoms. The number of nitrogens with one attached hydrogen (secondary N) is 1. The first-order chi connectivity index (χ1) is 15.1. The lowest BCUT2D eigenvalue weighted by Crippen LogP contribution is -2.14. The van der Waals surface area contributed by atoms with Crippen LogP contribution in [-0.4, -0.2) is 23.0 Å². The first-order valence-electron chi connectivity index (χ1n) is 9.71. The molecule has 0 aliphatic rings. The second kappa shape index (κ2) is 9.21. The minimum Gasteiger partial charge on any atom is -0.497 e. The number of amides is 1. The zero-order valence-electron chi connectivity index (χ0n) is 16.8. The number of rotatable bonds is 7. The van der Waals surface area contributed by atoms with Crippen LogP contribution in [0.25, 0.3) is 22.5 Å². The lowest BCUT2D eigenvalue weighted by molar-refractivity contribution is -0.116. The highest BCUT2D eigenvalue weighted by Gasteiger charge is 2.15. The molecular weight excluding hydrogens is 397 g/mol. The van der Waals surface area contributed by atoms with Gasteiger partial charge in [-0.3, -0.25) is 9.78 Å². The number of carbonyl (C=O) groups excluding carboxylic acids is 1. The van der Waals surface area contributed by atoms with Gasteiger partial charge < -0.3 is 14.5 Å². The fourth-order valence-electron chi connectivity index (χ4n) is 3.16. The Balaban J connectivity index is 1.52. The first kappa shape index (κ1) is 20.3. The van der Waals surface area contributed by atoms with E-state index in [4.69, 9.17) is 9.15 Å². The molecule has 0 spiro atoms. The van der Waals surface area contributed by atoms with E-state index in [1.165, 1.54) is 24.6 Å². The third-order valence-electron chi connectivity index (χ3n) is 4.73. The number of furan rings is 1. The molecule has 2 aromatic carbocycles. The Bertz CT molecular complexity index is 1180. The third-order valence-corrected chi connectivity index (χ3v) is 4.73. The quantitative estimate of drug-likeness (QED) is 0.451. The van der Waals surface area contributed by atoms with Crippen LogP contribution in [0.5, 0.6) is 5.75 Å². The second-order valence-corrected chi connectivity index (χ2v) is 6.87. The minimum absolute atomic E-state index is 0.176. The van der Waals surface area contributed by atoms with Crippen LogP contribution in [0, 0.1) is 5.82 Å². The van der Waals surface area contributed by atoms with Crippen molar-refractivity contribution in [3.8, 4) is 28.3 Å². The topological polar surface area (TPSA) is 77.2 Å². The van der Waals surface area contributed by atoms with Gasteiger partial charge in [0.2, 0.25) is 5.91 Å². The molecule has 1 N–H and O–H groups in total. The number of benzene rings is 2. The van der Waals surface area contributed by atoms with Gasteiger partial charge in [-0.05, 0) is 54.4 Å². The molecule has 2 aromatic heterocycles. The number of carbonyl (C=O) groups is 1. The van der Waals surface area contributed by atoms with Gasteiger partial charge in [0.15, 0.2) is 5.82 Å². The van der Waals surface area contributed by atoms with E-state index in [9.17, 15) is 9.18 Å². The molecular formula is C24H20FN3O3. The number of hydrogen-bond donors (Lipinski definition) is 1. The summed E-state index contributed by atoms with van der Waals surface area (Å²) in [7, 11) is 1.61. The third kappa shape index (κ3) is 4.95. The molecule has 0 aliphatic carbocycles. The van der Waals surface area contributed by atoms with E-state index < -0.39 is 0 Å². The summed E-state index contributed by atoms with van der Waals surface area (Å²) in [4.78, 5) is 21.5. The number of nitrogens with zero attached hydrogens (tertiary/aromatic N) is 2. The maximum absolute atomic E-state index is 13.3. The summed E-state index contributed by atoms with van der Waals surface area (Å²) in [6, 6.07) is 15.4. The van der Waals surface area contributed by atoms with Gasteiger partial charge in [-0.15, -0.1) is 0 Å². The van der Waals surface area contributed by atoms with E-state index >= 15 is 0 Å². The summed E-state index contributed by atoms with van der Waals surface area (Å²) in [5.41, 5.74) is 3.52. The molecule has 6 nitrogen and oxygen atoms in total. The second-order valence-electron chi connectivity index (χ2n) is 6.87. The number of aromatic nitrogens is 2. The number of halogens is 1. The van der Waals surface area contributed by atoms with Gasteiger partial charge in [0.1, 0.15) is 17.3 Å². The molecule has 0 fully saturated rings. The van der Waals surface area contributed by atoms with Crippen LogP contribution in [0.3, 0.4) is 0 Å². The van der Waals surface area contributed by atoms with Crippen molar-refractivity contribution >= 4 is 11.7 Å². The van der Waals surface area contributed by atoms with Crippen molar-refractivity contribution in [3.05, 3.63) is 84.7 Å². The van der Waals surface area contributed by atoms with Gasteiger partial charge in [0, 0.05) is 17.5 Å². The lowest BCUT2D eigenvalue weighted by atomic mass is 10.1. The molecule has 0 unspecified atom stereocenters. The average molecular weight is 417 g/mol. The van der Waals surface area contributed by atoms with E-state index in [0.29, 0.717) is 34.8 Å². The number of ether oxygens (including phenoxy) is 1. The predicted molar refractivity (Wildman–Crippen MR) is 115 cm³/mol. The van der Waals surface area contributed by atoms with E-state index in [1.54, 1.807) is 31.6 Å². The summed E-state index contributed by atoms with van der Waals surface area (Å²) in [6.07, 6.45) is 5.43. The van der Waals surface area contributed by atoms with Crippen LogP contribution in [0.4, 0.5) is 10.2 Å². The van der Waals surface area contributed by atoms with Crippen LogP contribution < -0.4 is 10.1 Å². The van der Waals surface area contributed by atoms with E-state index in [0.717, 1.165) is 11.3 Å². The summed E-state index contributed by atoms with van der Waals surface area (Å²) in [5.74, 6) is 0.578. The molecule has 7 heteroatoms. The Hall–Kier alpha value is -4.00. The summed E-state index contributed by atoms with van der Waals surface area (Å²) in [6.45, 7) is 0. The molecule has 0 aliphatic heterocycles. The first-order valence-corrected chi connectivity index (χ1v) is 9.71. The van der Waals surface area contributed by atoms with Gasteiger partial charge in [0.25, 0.3) is 0 Å². The van der Waals surface area contributed by atoms with E-state index in [1.807, 2.05) is 24.3 Å². The molecule has 1 amide bonds. The van der Waals surface area contributed by atoms with E-state index in [-0.39, 0.29) is 18.1 Å². The SMILES string of the molecule is COc1cccc(CCC(=O)Nc2cnc(-c3ccc(F)cc3)c(-c3ccoc3)n2)c1.